The average molecular weight is 409 g/mol. The van der Waals surface area contributed by atoms with E-state index in [0.717, 1.165) is 0 Å². The van der Waals surface area contributed by atoms with Gasteiger partial charge in [0, 0.05) is 18.8 Å². The van der Waals surface area contributed by atoms with Gasteiger partial charge in [0.25, 0.3) is 5.91 Å². The largest absolute Gasteiger partial charge is 0.448 e. The zero-order valence-corrected chi connectivity index (χ0v) is 16.2. The number of benzene rings is 1. The van der Waals surface area contributed by atoms with Crippen LogP contribution < -0.4 is 0 Å². The molecule has 0 aliphatic carbocycles. The molecule has 1 aliphatic heterocycles. The third-order valence-electron chi connectivity index (χ3n) is 4.69. The lowest BCUT2D eigenvalue weighted by molar-refractivity contribution is -0.140. The molecule has 28 heavy (non-hydrogen) atoms. The number of carbonyl (C=O) groups is 2. The lowest BCUT2D eigenvalue weighted by atomic mass is 10.2. The second kappa shape index (κ2) is 7.70. The first-order valence-electron chi connectivity index (χ1n) is 8.64. The molecule has 1 fully saturated rings. The molecule has 1 amide bonds. The summed E-state index contributed by atoms with van der Waals surface area (Å²) in [5.74, 6) is -1.71. The van der Waals surface area contributed by atoms with Gasteiger partial charge in [0.05, 0.1) is 24.0 Å². The Hall–Kier alpha value is -2.75. The third-order valence-corrected chi connectivity index (χ3v) is 6.44. The van der Waals surface area contributed by atoms with E-state index in [1.807, 2.05) is 0 Å². The fraction of sp³-hybridized carbons (Fsp3) is 0.389. The van der Waals surface area contributed by atoms with Gasteiger partial charge in [-0.15, -0.1) is 0 Å². The van der Waals surface area contributed by atoms with E-state index in [1.54, 1.807) is 0 Å². The molecule has 10 heteroatoms. The van der Waals surface area contributed by atoms with Crippen molar-refractivity contribution >= 4 is 21.7 Å². The second-order valence-corrected chi connectivity index (χ2v) is 8.91. The summed E-state index contributed by atoms with van der Waals surface area (Å²) in [7, 11) is -1.64. The standard InChI is InChI=1S/C18H20FN3O5S/c1-12(17(23)21(2)15-7-8-28(25,26)10-15)27-18(24)16-9-20-11-22(16)14-5-3-13(19)4-6-14/h3-6,9,11-12,15H,7-8,10H2,1-2H3/t12-,15+/m0/s1. The Labute approximate surface area is 161 Å². The van der Waals surface area contributed by atoms with Crippen molar-refractivity contribution in [2.24, 2.45) is 0 Å². The van der Waals surface area contributed by atoms with E-state index in [2.05, 4.69) is 4.98 Å². The number of nitrogens with zero attached hydrogens (tertiary/aromatic N) is 3. The highest BCUT2D eigenvalue weighted by molar-refractivity contribution is 7.91. The normalized spacial score (nSPS) is 19.2. The highest BCUT2D eigenvalue weighted by atomic mass is 32.2. The van der Waals surface area contributed by atoms with E-state index in [9.17, 15) is 22.4 Å². The van der Waals surface area contributed by atoms with Crippen molar-refractivity contribution in [3.63, 3.8) is 0 Å². The number of rotatable bonds is 5. The first kappa shape index (κ1) is 20.0. The van der Waals surface area contributed by atoms with Crippen LogP contribution in [0.2, 0.25) is 0 Å². The number of hydrogen-bond donors (Lipinski definition) is 0. The summed E-state index contributed by atoms with van der Waals surface area (Å²) in [5, 5.41) is 0. The Morgan fingerprint density at radius 2 is 2.00 bits per heavy atom. The summed E-state index contributed by atoms with van der Waals surface area (Å²) in [6.45, 7) is 1.43. The number of carbonyl (C=O) groups excluding carboxylic acids is 2. The molecule has 0 bridgehead atoms. The molecule has 1 saturated heterocycles. The highest BCUT2D eigenvalue weighted by Crippen LogP contribution is 2.18. The summed E-state index contributed by atoms with van der Waals surface area (Å²) in [6.07, 6.45) is 1.93. The average Bonchev–Trinajstić information content (AvgIpc) is 3.27. The Balaban J connectivity index is 1.69. The van der Waals surface area contributed by atoms with Crippen molar-refractivity contribution in [3.05, 3.63) is 48.3 Å². The lowest BCUT2D eigenvalue weighted by Gasteiger charge is -2.26. The van der Waals surface area contributed by atoms with Gasteiger partial charge in [0.2, 0.25) is 0 Å². The summed E-state index contributed by atoms with van der Waals surface area (Å²) >= 11 is 0. The summed E-state index contributed by atoms with van der Waals surface area (Å²) in [6, 6.07) is 5.04. The highest BCUT2D eigenvalue weighted by Gasteiger charge is 2.35. The molecule has 0 spiro atoms. The maximum atomic E-state index is 13.1. The number of imidazole rings is 1. The van der Waals surface area contributed by atoms with Gasteiger partial charge in [-0.2, -0.15) is 0 Å². The number of aromatic nitrogens is 2. The Kier molecular flexibility index (Phi) is 5.50. The van der Waals surface area contributed by atoms with Gasteiger partial charge in [0.1, 0.15) is 5.82 Å². The molecule has 1 aliphatic rings. The molecule has 2 aromatic rings. The number of hydrogen-bond acceptors (Lipinski definition) is 6. The van der Waals surface area contributed by atoms with E-state index >= 15 is 0 Å². The minimum Gasteiger partial charge on any atom is -0.448 e. The van der Waals surface area contributed by atoms with Gasteiger partial charge in [-0.1, -0.05) is 0 Å². The van der Waals surface area contributed by atoms with Crippen molar-refractivity contribution in [1.29, 1.82) is 0 Å². The van der Waals surface area contributed by atoms with Crippen LogP contribution in [0.1, 0.15) is 23.8 Å². The van der Waals surface area contributed by atoms with Crippen LogP contribution in [0.4, 0.5) is 4.39 Å². The van der Waals surface area contributed by atoms with Crippen LogP contribution in [0.15, 0.2) is 36.8 Å². The molecule has 3 rings (SSSR count). The van der Waals surface area contributed by atoms with Gasteiger partial charge in [-0.3, -0.25) is 9.36 Å². The Morgan fingerprint density at radius 1 is 1.32 bits per heavy atom. The van der Waals surface area contributed by atoms with Gasteiger partial charge in [-0.25, -0.2) is 22.6 Å². The van der Waals surface area contributed by atoms with E-state index in [-0.39, 0.29) is 17.2 Å². The van der Waals surface area contributed by atoms with Crippen LogP contribution in [-0.4, -0.2) is 65.4 Å². The van der Waals surface area contributed by atoms with Crippen molar-refractivity contribution in [1.82, 2.24) is 14.5 Å². The van der Waals surface area contributed by atoms with E-state index in [4.69, 9.17) is 4.74 Å². The number of amides is 1. The maximum absolute atomic E-state index is 13.1. The second-order valence-electron chi connectivity index (χ2n) is 6.68. The zero-order valence-electron chi connectivity index (χ0n) is 15.4. The topological polar surface area (TPSA) is 98.6 Å². The van der Waals surface area contributed by atoms with Crippen molar-refractivity contribution < 1.29 is 27.1 Å². The van der Waals surface area contributed by atoms with E-state index in [0.29, 0.717) is 12.1 Å². The molecule has 150 valence electrons. The fourth-order valence-electron chi connectivity index (χ4n) is 3.07. The van der Waals surface area contributed by atoms with Gasteiger partial charge >= 0.3 is 5.97 Å². The smallest absolute Gasteiger partial charge is 0.357 e. The minimum absolute atomic E-state index is 0.0420. The van der Waals surface area contributed by atoms with E-state index < -0.39 is 39.7 Å². The van der Waals surface area contributed by atoms with Crippen LogP contribution in [0.25, 0.3) is 5.69 Å². The quantitative estimate of drug-likeness (QED) is 0.689. The molecule has 0 unspecified atom stereocenters. The number of halogens is 1. The summed E-state index contributed by atoms with van der Waals surface area (Å²) in [5.41, 5.74) is 0.593. The lowest BCUT2D eigenvalue weighted by Crippen LogP contribution is -2.44. The molecule has 0 saturated carbocycles. The number of ether oxygens (including phenoxy) is 1. The third kappa shape index (κ3) is 4.22. The predicted molar refractivity (Wildman–Crippen MR) is 98.2 cm³/mol. The molecular formula is C18H20FN3O5S. The SMILES string of the molecule is C[C@H](OC(=O)c1cncn1-c1ccc(F)cc1)C(=O)N(C)[C@@H]1CCS(=O)(=O)C1. The number of sulfone groups is 1. The van der Waals surface area contributed by atoms with Crippen molar-refractivity contribution in [2.75, 3.05) is 18.6 Å². The first-order valence-corrected chi connectivity index (χ1v) is 10.5. The maximum Gasteiger partial charge on any atom is 0.357 e. The molecular weight excluding hydrogens is 389 g/mol. The van der Waals surface area contributed by atoms with Crippen LogP contribution in [0.3, 0.4) is 0 Å². The molecule has 8 nitrogen and oxygen atoms in total. The van der Waals surface area contributed by atoms with E-state index in [1.165, 1.54) is 60.2 Å². The Bertz CT molecular complexity index is 987. The van der Waals surface area contributed by atoms with Crippen molar-refractivity contribution in [2.45, 2.75) is 25.5 Å². The van der Waals surface area contributed by atoms with Crippen LogP contribution in [0, 0.1) is 5.82 Å². The predicted octanol–water partition coefficient (Wildman–Crippen LogP) is 1.20. The molecule has 0 N–H and O–H groups in total. The molecule has 1 aromatic carbocycles. The summed E-state index contributed by atoms with van der Waals surface area (Å²) < 4.78 is 43.0. The fourth-order valence-corrected chi connectivity index (χ4v) is 4.85. The van der Waals surface area contributed by atoms with Gasteiger partial charge in [-0.05, 0) is 37.6 Å². The molecule has 2 heterocycles. The van der Waals surface area contributed by atoms with Gasteiger partial charge in [0.15, 0.2) is 21.6 Å². The first-order chi connectivity index (χ1) is 13.2. The van der Waals surface area contributed by atoms with Crippen LogP contribution in [0.5, 0.6) is 0 Å². The van der Waals surface area contributed by atoms with Crippen molar-refractivity contribution in [3.8, 4) is 5.69 Å². The summed E-state index contributed by atoms with van der Waals surface area (Å²) in [4.78, 5) is 30.3. The molecule has 0 radical (unpaired) electrons. The molecule has 2 atom stereocenters. The number of esters is 1. The van der Waals surface area contributed by atoms with Gasteiger partial charge < -0.3 is 9.64 Å². The monoisotopic (exact) mass is 409 g/mol. The number of likely N-dealkylation sites (N-methyl/N-ethyl adjacent to an activating group) is 1. The zero-order chi connectivity index (χ0) is 20.5. The molecule has 1 aromatic heterocycles. The van der Waals surface area contributed by atoms with Crippen LogP contribution >= 0.6 is 0 Å². The van der Waals surface area contributed by atoms with Crippen LogP contribution in [-0.2, 0) is 19.4 Å². The minimum atomic E-state index is -3.14. The Morgan fingerprint density at radius 3 is 2.61 bits per heavy atom.